The van der Waals surface area contributed by atoms with E-state index >= 15 is 0 Å². The molecule has 0 aromatic rings. The molecular formula is C10H23IO2Si. The molecule has 86 valence electrons. The van der Waals surface area contributed by atoms with Crippen molar-refractivity contribution in [3.8, 4) is 0 Å². The van der Waals surface area contributed by atoms with Crippen molar-refractivity contribution >= 4 is 31.2 Å². The van der Waals surface area contributed by atoms with Crippen LogP contribution in [0.25, 0.3) is 0 Å². The maximum Gasteiger partial charge on any atom is 0.335 e. The minimum Gasteiger partial charge on any atom is -0.392 e. The smallest absolute Gasteiger partial charge is 0.335 e. The molecule has 0 N–H and O–H groups in total. The van der Waals surface area contributed by atoms with Gasteiger partial charge in [-0.05, 0) is 51.1 Å². The second kappa shape index (κ2) is 7.19. The summed E-state index contributed by atoms with van der Waals surface area (Å²) in [4.78, 5) is 0. The Kier molecular flexibility index (Phi) is 7.64. The van der Waals surface area contributed by atoms with Gasteiger partial charge in [0.2, 0.25) is 0 Å². The lowest BCUT2D eigenvalue weighted by atomic mass is 10.5. The van der Waals surface area contributed by atoms with Crippen LogP contribution in [0.2, 0.25) is 12.6 Å². The van der Waals surface area contributed by atoms with Gasteiger partial charge < -0.3 is 8.85 Å². The Morgan fingerprint density at radius 3 is 1.79 bits per heavy atom. The normalized spacial score (nSPS) is 12.9. The quantitative estimate of drug-likeness (QED) is 0.402. The Labute approximate surface area is 103 Å². The first-order valence-electron chi connectivity index (χ1n) is 5.31. The Morgan fingerprint density at radius 2 is 1.50 bits per heavy atom. The number of rotatable bonds is 7. The highest BCUT2D eigenvalue weighted by molar-refractivity contribution is 14.1. The van der Waals surface area contributed by atoms with Crippen LogP contribution in [0.15, 0.2) is 0 Å². The molecular weight excluding hydrogens is 307 g/mol. The molecule has 0 aliphatic carbocycles. The minimum absolute atomic E-state index is 0.277. The van der Waals surface area contributed by atoms with Crippen molar-refractivity contribution in [2.24, 2.45) is 0 Å². The van der Waals surface area contributed by atoms with Gasteiger partial charge in [0.1, 0.15) is 0 Å². The van der Waals surface area contributed by atoms with Crippen molar-refractivity contribution in [1.29, 1.82) is 0 Å². The van der Waals surface area contributed by atoms with Gasteiger partial charge >= 0.3 is 8.56 Å². The van der Waals surface area contributed by atoms with E-state index in [-0.39, 0.29) is 12.2 Å². The zero-order valence-electron chi connectivity index (χ0n) is 9.97. The van der Waals surface area contributed by atoms with E-state index in [1.165, 1.54) is 10.8 Å². The third-order valence-electron chi connectivity index (χ3n) is 1.73. The largest absolute Gasteiger partial charge is 0.392 e. The summed E-state index contributed by atoms with van der Waals surface area (Å²) in [7, 11) is -1.90. The summed E-state index contributed by atoms with van der Waals surface area (Å²) >= 11 is 2.41. The first-order chi connectivity index (χ1) is 6.39. The molecule has 0 rings (SSSR count). The van der Waals surface area contributed by atoms with Gasteiger partial charge in [0.15, 0.2) is 0 Å². The molecule has 0 bridgehead atoms. The van der Waals surface area contributed by atoms with Crippen LogP contribution >= 0.6 is 22.6 Å². The van der Waals surface area contributed by atoms with Crippen molar-refractivity contribution < 1.29 is 8.85 Å². The molecule has 0 saturated heterocycles. The lowest BCUT2D eigenvalue weighted by molar-refractivity contribution is 0.109. The fourth-order valence-corrected chi connectivity index (χ4v) is 5.74. The van der Waals surface area contributed by atoms with E-state index in [1.54, 1.807) is 0 Å². The van der Waals surface area contributed by atoms with Crippen molar-refractivity contribution in [3.63, 3.8) is 0 Å². The van der Waals surface area contributed by atoms with Crippen molar-refractivity contribution in [1.82, 2.24) is 0 Å². The third-order valence-corrected chi connectivity index (χ3v) is 5.70. The molecule has 0 heterocycles. The summed E-state index contributed by atoms with van der Waals surface area (Å²) in [6.07, 6.45) is 1.75. The Balaban J connectivity index is 4.17. The van der Waals surface area contributed by atoms with E-state index in [0.717, 1.165) is 6.04 Å². The average Bonchev–Trinajstić information content (AvgIpc) is 1.97. The summed E-state index contributed by atoms with van der Waals surface area (Å²) in [5, 5.41) is 0. The molecule has 0 aliphatic rings. The molecule has 0 amide bonds. The summed E-state index contributed by atoms with van der Waals surface area (Å²) in [5.41, 5.74) is 0. The van der Waals surface area contributed by atoms with Crippen molar-refractivity contribution in [2.45, 2.75) is 58.9 Å². The van der Waals surface area contributed by atoms with Crippen LogP contribution in [0.4, 0.5) is 0 Å². The van der Waals surface area contributed by atoms with E-state index in [4.69, 9.17) is 8.85 Å². The van der Waals surface area contributed by atoms with Gasteiger partial charge in [0.05, 0.1) is 0 Å². The maximum absolute atomic E-state index is 5.96. The standard InChI is InChI=1S/C10H23IO2Si/c1-9(2)12-14(5,8-6-7-11)13-10(3)4/h9-10H,6-8H2,1-5H3. The molecule has 0 spiro atoms. The molecule has 14 heavy (non-hydrogen) atoms. The molecule has 4 heteroatoms. The predicted molar refractivity (Wildman–Crippen MR) is 72.4 cm³/mol. The summed E-state index contributed by atoms with van der Waals surface area (Å²) in [6.45, 7) is 10.5. The maximum atomic E-state index is 5.96. The van der Waals surface area contributed by atoms with E-state index in [0.29, 0.717) is 0 Å². The fourth-order valence-electron chi connectivity index (χ4n) is 1.53. The van der Waals surface area contributed by atoms with Crippen LogP contribution in [-0.2, 0) is 8.85 Å². The Hall–Kier alpha value is 0.867. The first kappa shape index (κ1) is 14.9. The van der Waals surface area contributed by atoms with Crippen LogP contribution in [0.5, 0.6) is 0 Å². The second-order valence-electron chi connectivity index (χ2n) is 4.26. The number of hydrogen-bond donors (Lipinski definition) is 0. The van der Waals surface area contributed by atoms with Crippen LogP contribution in [0.3, 0.4) is 0 Å². The molecule has 0 atom stereocenters. The van der Waals surface area contributed by atoms with Gasteiger partial charge in [-0.15, -0.1) is 0 Å². The van der Waals surface area contributed by atoms with Gasteiger partial charge in [-0.25, -0.2) is 0 Å². The second-order valence-corrected chi connectivity index (χ2v) is 8.58. The summed E-state index contributed by atoms with van der Waals surface area (Å²) < 4.78 is 13.1. The Bertz CT molecular complexity index is 141. The predicted octanol–water partition coefficient (Wildman–Crippen LogP) is 3.73. The first-order valence-corrected chi connectivity index (χ1v) is 9.36. The van der Waals surface area contributed by atoms with Crippen molar-refractivity contribution in [2.75, 3.05) is 4.43 Å². The van der Waals surface area contributed by atoms with Gasteiger partial charge in [-0.1, -0.05) is 22.6 Å². The molecule has 0 aliphatic heterocycles. The SMILES string of the molecule is CC(C)O[Si](C)(CCCI)OC(C)C. The topological polar surface area (TPSA) is 18.5 Å². The van der Waals surface area contributed by atoms with E-state index < -0.39 is 8.56 Å². The molecule has 0 fully saturated rings. The lowest BCUT2D eigenvalue weighted by Crippen LogP contribution is -2.42. The fraction of sp³-hybridized carbons (Fsp3) is 1.00. The lowest BCUT2D eigenvalue weighted by Gasteiger charge is -2.31. The molecule has 0 saturated carbocycles. The highest BCUT2D eigenvalue weighted by atomic mass is 127. The van der Waals surface area contributed by atoms with Crippen LogP contribution in [0.1, 0.15) is 34.1 Å². The van der Waals surface area contributed by atoms with Crippen LogP contribution in [0, 0.1) is 0 Å². The van der Waals surface area contributed by atoms with E-state index in [2.05, 4.69) is 56.8 Å². The van der Waals surface area contributed by atoms with Crippen LogP contribution < -0.4 is 0 Å². The molecule has 0 aromatic carbocycles. The number of hydrogen-bond acceptors (Lipinski definition) is 2. The van der Waals surface area contributed by atoms with Gasteiger partial charge in [-0.2, -0.15) is 0 Å². The highest BCUT2D eigenvalue weighted by Gasteiger charge is 2.32. The average molecular weight is 330 g/mol. The molecule has 0 unspecified atom stereocenters. The third kappa shape index (κ3) is 7.20. The van der Waals surface area contributed by atoms with E-state index in [9.17, 15) is 0 Å². The molecule has 0 radical (unpaired) electrons. The summed E-state index contributed by atoms with van der Waals surface area (Å²) in [6, 6.07) is 1.10. The zero-order valence-corrected chi connectivity index (χ0v) is 13.1. The number of halogens is 1. The Morgan fingerprint density at radius 1 is 1.07 bits per heavy atom. The molecule has 2 nitrogen and oxygen atoms in total. The zero-order chi connectivity index (χ0) is 11.2. The van der Waals surface area contributed by atoms with Gasteiger partial charge in [-0.3, -0.25) is 0 Å². The van der Waals surface area contributed by atoms with Crippen LogP contribution in [-0.4, -0.2) is 25.2 Å². The summed E-state index contributed by atoms with van der Waals surface area (Å²) in [5.74, 6) is 0. The number of alkyl halides is 1. The minimum atomic E-state index is -1.90. The molecule has 0 aromatic heterocycles. The van der Waals surface area contributed by atoms with E-state index in [1.807, 2.05) is 0 Å². The highest BCUT2D eigenvalue weighted by Crippen LogP contribution is 2.20. The van der Waals surface area contributed by atoms with Gasteiger partial charge in [0.25, 0.3) is 0 Å². The van der Waals surface area contributed by atoms with Crippen molar-refractivity contribution in [3.05, 3.63) is 0 Å². The van der Waals surface area contributed by atoms with Gasteiger partial charge in [0, 0.05) is 12.2 Å². The monoisotopic (exact) mass is 330 g/mol.